The van der Waals surface area contributed by atoms with Crippen molar-refractivity contribution in [3.8, 4) is 0 Å². The van der Waals surface area contributed by atoms with Gasteiger partial charge in [0.05, 0.1) is 4.90 Å². The number of benzene rings is 1. The van der Waals surface area contributed by atoms with Crippen LogP contribution < -0.4 is 5.32 Å². The van der Waals surface area contributed by atoms with E-state index in [9.17, 15) is 8.42 Å². The van der Waals surface area contributed by atoms with Gasteiger partial charge in [-0.3, -0.25) is 9.45 Å². The number of piperazine rings is 1. The van der Waals surface area contributed by atoms with Gasteiger partial charge in [0.15, 0.2) is 0 Å². The molecular formula is C16H26N2O3S. The summed E-state index contributed by atoms with van der Waals surface area (Å²) >= 11 is 0. The molecule has 0 atom stereocenters. The summed E-state index contributed by atoms with van der Waals surface area (Å²) in [6, 6.07) is 6.93. The van der Waals surface area contributed by atoms with Gasteiger partial charge in [0.25, 0.3) is 10.1 Å². The van der Waals surface area contributed by atoms with Crippen LogP contribution in [0.1, 0.15) is 31.2 Å². The van der Waals surface area contributed by atoms with E-state index in [2.05, 4.69) is 10.2 Å². The van der Waals surface area contributed by atoms with Gasteiger partial charge in [-0.15, -0.1) is 0 Å². The Morgan fingerprint density at radius 3 is 2.14 bits per heavy atom. The first-order valence-corrected chi connectivity index (χ1v) is 9.40. The van der Waals surface area contributed by atoms with Gasteiger partial charge in [-0.1, -0.05) is 30.5 Å². The van der Waals surface area contributed by atoms with Crippen LogP contribution in [0.2, 0.25) is 0 Å². The summed E-state index contributed by atoms with van der Waals surface area (Å²) < 4.78 is 29.6. The van der Waals surface area contributed by atoms with E-state index < -0.39 is 10.1 Å². The van der Waals surface area contributed by atoms with E-state index in [0.29, 0.717) is 0 Å². The molecule has 0 spiro atoms. The van der Waals surface area contributed by atoms with Gasteiger partial charge in [-0.05, 0) is 31.9 Å². The van der Waals surface area contributed by atoms with E-state index in [-0.39, 0.29) is 4.90 Å². The van der Waals surface area contributed by atoms with Crippen LogP contribution in [0.25, 0.3) is 0 Å². The summed E-state index contributed by atoms with van der Waals surface area (Å²) in [5, 5.41) is 3.40. The fourth-order valence-corrected chi connectivity index (χ4v) is 3.51. The molecular weight excluding hydrogens is 300 g/mol. The van der Waals surface area contributed by atoms with Gasteiger partial charge < -0.3 is 5.32 Å². The Kier molecular flexibility index (Phi) is 6.37. The molecule has 1 saturated carbocycles. The third-order valence-corrected chi connectivity index (χ3v) is 5.18. The fraction of sp³-hybridized carbons (Fsp3) is 0.625. The van der Waals surface area contributed by atoms with Crippen LogP contribution in [-0.4, -0.2) is 50.1 Å². The van der Waals surface area contributed by atoms with Crippen LogP contribution >= 0.6 is 0 Å². The third-order valence-electron chi connectivity index (χ3n) is 4.31. The van der Waals surface area contributed by atoms with E-state index in [1.165, 1.54) is 64.0 Å². The van der Waals surface area contributed by atoms with Crippen LogP contribution in [0.5, 0.6) is 0 Å². The Balaban J connectivity index is 0.000000160. The van der Waals surface area contributed by atoms with Crippen molar-refractivity contribution in [2.45, 2.75) is 43.5 Å². The lowest BCUT2D eigenvalue weighted by Gasteiger charge is -2.32. The molecule has 1 aliphatic carbocycles. The van der Waals surface area contributed by atoms with E-state index in [0.717, 1.165) is 11.6 Å². The van der Waals surface area contributed by atoms with Gasteiger partial charge in [0, 0.05) is 32.2 Å². The Morgan fingerprint density at radius 2 is 1.64 bits per heavy atom. The number of rotatable bonds is 2. The smallest absolute Gasteiger partial charge is 0.294 e. The highest BCUT2D eigenvalue weighted by atomic mass is 32.2. The van der Waals surface area contributed by atoms with Gasteiger partial charge in [-0.2, -0.15) is 8.42 Å². The number of hydrogen-bond donors (Lipinski definition) is 2. The van der Waals surface area contributed by atoms with Crippen LogP contribution in [0.3, 0.4) is 0 Å². The van der Waals surface area contributed by atoms with Crippen LogP contribution in [0.15, 0.2) is 29.2 Å². The summed E-state index contributed by atoms with van der Waals surface area (Å²) in [6.07, 6.45) is 5.85. The van der Waals surface area contributed by atoms with Gasteiger partial charge >= 0.3 is 0 Å². The zero-order valence-corrected chi connectivity index (χ0v) is 14.0. The molecule has 1 aromatic rings. The van der Waals surface area contributed by atoms with E-state index >= 15 is 0 Å². The van der Waals surface area contributed by atoms with Crippen molar-refractivity contribution in [2.75, 3.05) is 26.2 Å². The van der Waals surface area contributed by atoms with E-state index in [1.807, 2.05) is 6.92 Å². The molecule has 2 fully saturated rings. The van der Waals surface area contributed by atoms with Crippen molar-refractivity contribution in [1.29, 1.82) is 0 Å². The lowest BCUT2D eigenvalue weighted by molar-refractivity contribution is 0.175. The summed E-state index contributed by atoms with van der Waals surface area (Å²) in [5.74, 6) is 0. The maximum absolute atomic E-state index is 10.5. The van der Waals surface area contributed by atoms with Gasteiger partial charge in [-0.25, -0.2) is 0 Å². The highest BCUT2D eigenvalue weighted by Crippen LogP contribution is 2.23. The average molecular weight is 326 g/mol. The zero-order valence-electron chi connectivity index (χ0n) is 13.2. The van der Waals surface area contributed by atoms with E-state index in [1.54, 1.807) is 12.1 Å². The summed E-state index contributed by atoms with van der Waals surface area (Å²) in [6.45, 7) is 6.82. The Labute approximate surface area is 133 Å². The molecule has 3 rings (SSSR count). The monoisotopic (exact) mass is 326 g/mol. The Bertz CT molecular complexity index is 545. The Hall–Kier alpha value is -0.950. The minimum Gasteiger partial charge on any atom is -0.314 e. The molecule has 2 N–H and O–H groups in total. The highest BCUT2D eigenvalue weighted by molar-refractivity contribution is 7.85. The molecule has 1 aliphatic heterocycles. The van der Waals surface area contributed by atoms with Crippen molar-refractivity contribution in [2.24, 2.45) is 0 Å². The van der Waals surface area contributed by atoms with Gasteiger partial charge in [0.2, 0.25) is 0 Å². The number of aryl methyl sites for hydroxylation is 1. The highest BCUT2D eigenvalue weighted by Gasteiger charge is 2.22. The molecule has 1 aromatic carbocycles. The molecule has 5 nitrogen and oxygen atoms in total. The maximum Gasteiger partial charge on any atom is 0.294 e. The average Bonchev–Trinajstić information content (AvgIpc) is 3.03. The largest absolute Gasteiger partial charge is 0.314 e. The zero-order chi connectivity index (χ0) is 16.0. The van der Waals surface area contributed by atoms with Crippen LogP contribution in [-0.2, 0) is 10.1 Å². The van der Waals surface area contributed by atoms with Crippen molar-refractivity contribution in [3.63, 3.8) is 0 Å². The van der Waals surface area contributed by atoms with Crippen molar-refractivity contribution in [1.82, 2.24) is 10.2 Å². The summed E-state index contributed by atoms with van der Waals surface area (Å²) in [4.78, 5) is 2.60. The molecule has 124 valence electrons. The molecule has 0 amide bonds. The SMILES string of the molecule is C1CCC(N2CCNCC2)C1.Cc1ccc(S(=O)(=O)O)cc1. The second kappa shape index (κ2) is 8.06. The molecule has 0 aromatic heterocycles. The lowest BCUT2D eigenvalue weighted by atomic mass is 10.2. The first kappa shape index (κ1) is 17.4. The fourth-order valence-electron chi connectivity index (χ4n) is 3.03. The minimum atomic E-state index is -4.02. The molecule has 1 saturated heterocycles. The summed E-state index contributed by atoms with van der Waals surface area (Å²) in [5.41, 5.74) is 0.956. The van der Waals surface area contributed by atoms with Crippen molar-refractivity contribution >= 4 is 10.1 Å². The van der Waals surface area contributed by atoms with Crippen LogP contribution in [0, 0.1) is 6.92 Å². The second-order valence-corrected chi connectivity index (χ2v) is 7.43. The van der Waals surface area contributed by atoms with Crippen LogP contribution in [0.4, 0.5) is 0 Å². The normalized spacial score (nSPS) is 20.5. The van der Waals surface area contributed by atoms with Gasteiger partial charge in [0.1, 0.15) is 0 Å². The predicted octanol–water partition coefficient (Wildman–Crippen LogP) is 2.08. The second-order valence-electron chi connectivity index (χ2n) is 6.01. The molecule has 6 heteroatoms. The number of hydrogen-bond acceptors (Lipinski definition) is 4. The lowest BCUT2D eigenvalue weighted by Crippen LogP contribution is -2.47. The standard InChI is InChI=1S/C9H18N2.C7H8O3S/c1-2-4-9(3-1)11-7-5-10-6-8-11;1-6-2-4-7(5-3-6)11(8,9)10/h9-10H,1-8H2;2-5H,1H3,(H,8,9,10). The molecule has 0 radical (unpaired) electrons. The third kappa shape index (κ3) is 5.35. The Morgan fingerprint density at radius 1 is 1.09 bits per heavy atom. The molecule has 2 aliphatic rings. The minimum absolute atomic E-state index is 0.0666. The molecule has 0 bridgehead atoms. The molecule has 0 unspecified atom stereocenters. The van der Waals surface area contributed by atoms with Crippen molar-refractivity contribution in [3.05, 3.63) is 29.8 Å². The first-order valence-electron chi connectivity index (χ1n) is 7.96. The number of nitrogens with one attached hydrogen (secondary N) is 1. The topological polar surface area (TPSA) is 69.6 Å². The van der Waals surface area contributed by atoms with E-state index in [4.69, 9.17) is 4.55 Å². The predicted molar refractivity (Wildman–Crippen MR) is 87.7 cm³/mol. The maximum atomic E-state index is 10.5. The first-order chi connectivity index (χ1) is 10.5. The quantitative estimate of drug-likeness (QED) is 0.814. The molecule has 1 heterocycles. The molecule has 22 heavy (non-hydrogen) atoms. The van der Waals surface area contributed by atoms with Crippen molar-refractivity contribution < 1.29 is 13.0 Å². The summed E-state index contributed by atoms with van der Waals surface area (Å²) in [7, 11) is -4.02. The number of nitrogens with zero attached hydrogens (tertiary/aromatic N) is 1.